The number of hydrazine groups is 1. The number of aromatic nitrogens is 3. The summed E-state index contributed by atoms with van der Waals surface area (Å²) in [7, 11) is 3.36. The van der Waals surface area contributed by atoms with Gasteiger partial charge in [0.2, 0.25) is 0 Å². The third kappa shape index (κ3) is 4.18. The van der Waals surface area contributed by atoms with Crippen LogP contribution < -0.4 is 20.9 Å². The SMILES string of the molecule is CCOc1c(C(C)N2NC(C)c3c(N)ncnc32)cc(C)c(C#N)c1-c1ccc(C(=O)N(C)C)nc1. The first-order chi connectivity index (χ1) is 17.2. The molecule has 0 bridgehead atoms. The molecule has 0 saturated carbocycles. The molecule has 10 heteroatoms. The number of ether oxygens (including phenoxy) is 1. The summed E-state index contributed by atoms with van der Waals surface area (Å²) in [5.74, 6) is 1.54. The number of nitriles is 1. The fraction of sp³-hybridized carbons (Fsp3) is 0.346. The fourth-order valence-electron chi connectivity index (χ4n) is 4.53. The van der Waals surface area contributed by atoms with Gasteiger partial charge in [0, 0.05) is 37.0 Å². The number of rotatable bonds is 6. The number of nitrogens with zero attached hydrogens (tertiary/aromatic N) is 6. The molecule has 3 aromatic rings. The van der Waals surface area contributed by atoms with Crippen molar-refractivity contribution in [2.24, 2.45) is 0 Å². The molecule has 2 unspecified atom stereocenters. The molecule has 0 radical (unpaired) electrons. The zero-order valence-corrected chi connectivity index (χ0v) is 21.3. The molecule has 0 spiro atoms. The smallest absolute Gasteiger partial charge is 0.271 e. The molecule has 1 aromatic carbocycles. The number of carbonyl (C=O) groups is 1. The van der Waals surface area contributed by atoms with Crippen LogP contribution in [0.15, 0.2) is 30.7 Å². The number of amides is 1. The Morgan fingerprint density at radius 2 is 2.08 bits per heavy atom. The van der Waals surface area contributed by atoms with Crippen LogP contribution in [0.1, 0.15) is 65.6 Å². The number of nitrogens with one attached hydrogen (secondary N) is 1. The van der Waals surface area contributed by atoms with Crippen molar-refractivity contribution in [1.82, 2.24) is 25.3 Å². The standard InChI is InChI=1S/C26H30N8O2/c1-7-36-23-18(16(4)34-25-21(15(3)32-34)24(28)30-13-31-25)10-14(2)19(11-27)22(23)17-8-9-20(29-12-17)26(35)33(5)6/h8-10,12-13,15-16,32H,7H2,1-6H3,(H2,28,30,31). The summed E-state index contributed by atoms with van der Waals surface area (Å²) in [5.41, 5.74) is 14.3. The zero-order valence-electron chi connectivity index (χ0n) is 21.3. The van der Waals surface area contributed by atoms with Crippen LogP contribution in [0.3, 0.4) is 0 Å². The lowest BCUT2D eigenvalue weighted by molar-refractivity contribution is 0.0822. The monoisotopic (exact) mass is 486 g/mol. The first-order valence-electron chi connectivity index (χ1n) is 11.7. The number of hydrogen-bond acceptors (Lipinski definition) is 9. The maximum Gasteiger partial charge on any atom is 0.271 e. The van der Waals surface area contributed by atoms with Crippen LogP contribution in [0.2, 0.25) is 0 Å². The fourth-order valence-corrected chi connectivity index (χ4v) is 4.53. The Balaban J connectivity index is 1.87. The molecule has 3 heterocycles. The molecule has 186 valence electrons. The summed E-state index contributed by atoms with van der Waals surface area (Å²) < 4.78 is 6.19. The van der Waals surface area contributed by atoms with Crippen molar-refractivity contribution in [3.05, 3.63) is 58.7 Å². The highest BCUT2D eigenvalue weighted by Crippen LogP contribution is 2.45. The predicted molar refractivity (Wildman–Crippen MR) is 137 cm³/mol. The molecule has 36 heavy (non-hydrogen) atoms. The van der Waals surface area contributed by atoms with Crippen LogP contribution >= 0.6 is 0 Å². The minimum atomic E-state index is -0.225. The summed E-state index contributed by atoms with van der Waals surface area (Å²) in [6, 6.07) is 7.49. The minimum absolute atomic E-state index is 0.0656. The number of aryl methyl sites for hydroxylation is 1. The van der Waals surface area contributed by atoms with E-state index < -0.39 is 0 Å². The predicted octanol–water partition coefficient (Wildman–Crippen LogP) is 3.55. The Morgan fingerprint density at radius 1 is 1.33 bits per heavy atom. The number of nitrogens with two attached hydrogens (primary N) is 1. The maximum atomic E-state index is 12.3. The third-order valence-corrected chi connectivity index (χ3v) is 6.31. The second-order valence-corrected chi connectivity index (χ2v) is 8.93. The number of pyridine rings is 1. The number of anilines is 2. The Kier molecular flexibility index (Phi) is 6.77. The molecule has 1 aliphatic heterocycles. The van der Waals surface area contributed by atoms with E-state index in [1.165, 1.54) is 11.2 Å². The van der Waals surface area contributed by atoms with E-state index in [9.17, 15) is 10.1 Å². The average molecular weight is 487 g/mol. The molecule has 10 nitrogen and oxygen atoms in total. The van der Waals surface area contributed by atoms with Gasteiger partial charge >= 0.3 is 0 Å². The maximum absolute atomic E-state index is 12.3. The normalized spacial score (nSPS) is 15.2. The van der Waals surface area contributed by atoms with Crippen LogP contribution in [0.5, 0.6) is 5.75 Å². The number of carbonyl (C=O) groups excluding carboxylic acids is 1. The summed E-state index contributed by atoms with van der Waals surface area (Å²) in [6.45, 7) is 8.25. The zero-order chi connectivity index (χ0) is 26.1. The number of fused-ring (bicyclic) bond motifs is 1. The van der Waals surface area contributed by atoms with Crippen LogP contribution in [-0.4, -0.2) is 46.5 Å². The van der Waals surface area contributed by atoms with Crippen molar-refractivity contribution in [2.75, 3.05) is 31.4 Å². The second kappa shape index (κ2) is 9.79. The van der Waals surface area contributed by atoms with Gasteiger partial charge in [-0.05, 0) is 45.4 Å². The Morgan fingerprint density at radius 3 is 2.69 bits per heavy atom. The van der Waals surface area contributed by atoms with Gasteiger partial charge in [0.1, 0.15) is 29.7 Å². The molecule has 0 aliphatic carbocycles. The Labute approximate surface area is 210 Å². The van der Waals surface area contributed by atoms with E-state index >= 15 is 0 Å². The Hall–Kier alpha value is -4.23. The minimum Gasteiger partial charge on any atom is -0.493 e. The highest BCUT2D eigenvalue weighted by Gasteiger charge is 2.35. The molecule has 1 aliphatic rings. The summed E-state index contributed by atoms with van der Waals surface area (Å²) in [6.07, 6.45) is 3.07. The molecular weight excluding hydrogens is 456 g/mol. The Bertz CT molecular complexity index is 1350. The van der Waals surface area contributed by atoms with Crippen molar-refractivity contribution in [3.8, 4) is 22.9 Å². The van der Waals surface area contributed by atoms with Gasteiger partial charge in [0.05, 0.1) is 29.8 Å². The highest BCUT2D eigenvalue weighted by atomic mass is 16.5. The van der Waals surface area contributed by atoms with Crippen LogP contribution in [-0.2, 0) is 0 Å². The molecule has 0 saturated heterocycles. The summed E-state index contributed by atoms with van der Waals surface area (Å²) >= 11 is 0. The van der Waals surface area contributed by atoms with Gasteiger partial charge in [0.25, 0.3) is 5.91 Å². The van der Waals surface area contributed by atoms with Gasteiger partial charge < -0.3 is 15.4 Å². The molecule has 2 atom stereocenters. The highest BCUT2D eigenvalue weighted by molar-refractivity contribution is 5.92. The number of benzene rings is 1. The van der Waals surface area contributed by atoms with E-state index in [0.29, 0.717) is 46.4 Å². The first kappa shape index (κ1) is 24.9. The van der Waals surface area contributed by atoms with Crippen molar-refractivity contribution < 1.29 is 9.53 Å². The van der Waals surface area contributed by atoms with Gasteiger partial charge in [0.15, 0.2) is 5.82 Å². The molecule has 0 fully saturated rings. The van der Waals surface area contributed by atoms with E-state index in [1.54, 1.807) is 32.4 Å². The lowest BCUT2D eigenvalue weighted by Crippen LogP contribution is -2.36. The van der Waals surface area contributed by atoms with Crippen molar-refractivity contribution in [1.29, 1.82) is 5.26 Å². The summed E-state index contributed by atoms with van der Waals surface area (Å²) in [4.78, 5) is 26.8. The van der Waals surface area contributed by atoms with E-state index in [2.05, 4.69) is 26.4 Å². The number of hydrogen-bond donors (Lipinski definition) is 2. The van der Waals surface area contributed by atoms with Gasteiger partial charge in [-0.15, -0.1) is 0 Å². The molecule has 4 rings (SSSR count). The van der Waals surface area contributed by atoms with Crippen molar-refractivity contribution >= 4 is 17.5 Å². The average Bonchev–Trinajstić information content (AvgIpc) is 3.21. The van der Waals surface area contributed by atoms with Crippen LogP contribution in [0.25, 0.3) is 11.1 Å². The van der Waals surface area contributed by atoms with Crippen LogP contribution in [0.4, 0.5) is 11.6 Å². The van der Waals surface area contributed by atoms with Gasteiger partial charge in [-0.25, -0.2) is 15.4 Å². The van der Waals surface area contributed by atoms with E-state index in [4.69, 9.17) is 10.5 Å². The molecular formula is C26H30N8O2. The van der Waals surface area contributed by atoms with Gasteiger partial charge in [-0.3, -0.25) is 14.8 Å². The van der Waals surface area contributed by atoms with E-state index in [0.717, 1.165) is 16.7 Å². The summed E-state index contributed by atoms with van der Waals surface area (Å²) in [5, 5.41) is 12.0. The third-order valence-electron chi connectivity index (χ3n) is 6.31. The first-order valence-corrected chi connectivity index (χ1v) is 11.7. The van der Waals surface area contributed by atoms with Crippen molar-refractivity contribution in [3.63, 3.8) is 0 Å². The van der Waals surface area contributed by atoms with Gasteiger partial charge in [-0.2, -0.15) is 5.26 Å². The second-order valence-electron chi connectivity index (χ2n) is 8.93. The van der Waals surface area contributed by atoms with Crippen LogP contribution in [0, 0.1) is 18.3 Å². The quantitative estimate of drug-likeness (QED) is 0.536. The largest absolute Gasteiger partial charge is 0.493 e. The lowest BCUT2D eigenvalue weighted by atomic mass is 9.90. The number of nitrogen functional groups attached to an aromatic ring is 1. The molecule has 2 aromatic heterocycles. The molecule has 1 amide bonds. The lowest BCUT2D eigenvalue weighted by Gasteiger charge is -2.30. The van der Waals surface area contributed by atoms with Crippen molar-refractivity contribution in [2.45, 2.75) is 39.8 Å². The van der Waals surface area contributed by atoms with E-state index in [-0.39, 0.29) is 18.0 Å². The molecule has 3 N–H and O–H groups in total. The topological polar surface area (TPSA) is 133 Å². The van der Waals surface area contributed by atoms with E-state index in [1.807, 2.05) is 38.8 Å². The van der Waals surface area contributed by atoms with Gasteiger partial charge in [-0.1, -0.05) is 6.07 Å².